The van der Waals surface area contributed by atoms with Crippen LogP contribution in [0.1, 0.15) is 12.8 Å². The smallest absolute Gasteiger partial charge is 0.410 e. The molecule has 2 aliphatic rings. The minimum absolute atomic E-state index is 0.0214. The minimum Gasteiger partial charge on any atom is -0.439 e. The molecule has 1 spiro atoms. The van der Waals surface area contributed by atoms with Crippen LogP contribution in [0, 0.1) is 5.82 Å². The molecule has 11 heteroatoms. The number of urea groups is 1. The molecule has 1 N–H and O–H groups in total. The molecule has 1 aromatic heterocycles. The normalized spacial score (nSPS) is 22.2. The Balaban J connectivity index is 1.49. The SMILES string of the molecule is CN1C[C@@]2(CCCN(C(=O)Nc3cc(-n4cnnn4)ccc3F)C2)OC1=O. The second-order valence-electron chi connectivity index (χ2n) is 6.78. The van der Waals surface area contributed by atoms with Gasteiger partial charge in [-0.05, 0) is 41.5 Å². The number of piperidine rings is 1. The van der Waals surface area contributed by atoms with E-state index in [0.29, 0.717) is 31.6 Å². The molecule has 2 fully saturated rings. The van der Waals surface area contributed by atoms with Crippen molar-refractivity contribution >= 4 is 17.8 Å². The number of amides is 3. The summed E-state index contributed by atoms with van der Waals surface area (Å²) >= 11 is 0. The minimum atomic E-state index is -0.700. The van der Waals surface area contributed by atoms with Crippen LogP contribution >= 0.6 is 0 Å². The summed E-state index contributed by atoms with van der Waals surface area (Å²) in [5.41, 5.74) is -0.167. The second-order valence-corrected chi connectivity index (χ2v) is 6.78. The predicted molar refractivity (Wildman–Crippen MR) is 90.8 cm³/mol. The molecule has 27 heavy (non-hydrogen) atoms. The third-order valence-electron chi connectivity index (χ3n) is 4.77. The maximum Gasteiger partial charge on any atom is 0.410 e. The Morgan fingerprint density at radius 2 is 2.22 bits per heavy atom. The van der Waals surface area contributed by atoms with Gasteiger partial charge in [-0.3, -0.25) is 0 Å². The number of ether oxygens (including phenoxy) is 1. The first-order valence-corrected chi connectivity index (χ1v) is 8.49. The first-order chi connectivity index (χ1) is 13.0. The van der Waals surface area contributed by atoms with E-state index in [1.807, 2.05) is 0 Å². The number of anilines is 1. The summed E-state index contributed by atoms with van der Waals surface area (Å²) in [6, 6.07) is 3.74. The molecule has 3 heterocycles. The van der Waals surface area contributed by atoms with Crippen LogP contribution in [-0.4, -0.2) is 74.4 Å². The molecular formula is C16H18FN7O3. The van der Waals surface area contributed by atoms with E-state index < -0.39 is 23.5 Å². The lowest BCUT2D eigenvalue weighted by atomic mass is 9.93. The number of hydrogen-bond donors (Lipinski definition) is 1. The maximum atomic E-state index is 14.2. The molecule has 0 saturated carbocycles. The monoisotopic (exact) mass is 375 g/mol. The Hall–Kier alpha value is -3.24. The summed E-state index contributed by atoms with van der Waals surface area (Å²) in [5, 5.41) is 13.4. The number of likely N-dealkylation sites (N-methyl/N-ethyl adjacent to an activating group) is 1. The highest BCUT2D eigenvalue weighted by Gasteiger charge is 2.47. The average Bonchev–Trinajstić information content (AvgIpc) is 3.26. The molecule has 142 valence electrons. The van der Waals surface area contributed by atoms with E-state index in [9.17, 15) is 14.0 Å². The van der Waals surface area contributed by atoms with E-state index >= 15 is 0 Å². The van der Waals surface area contributed by atoms with Gasteiger partial charge in [0.1, 0.15) is 17.7 Å². The van der Waals surface area contributed by atoms with Crippen molar-refractivity contribution in [3.05, 3.63) is 30.3 Å². The van der Waals surface area contributed by atoms with E-state index in [1.165, 1.54) is 34.1 Å². The van der Waals surface area contributed by atoms with Crippen LogP contribution in [0.15, 0.2) is 24.5 Å². The van der Waals surface area contributed by atoms with Crippen LogP contribution in [0.5, 0.6) is 0 Å². The fourth-order valence-corrected chi connectivity index (χ4v) is 3.50. The Labute approximate surface area is 153 Å². The molecule has 0 aliphatic carbocycles. The van der Waals surface area contributed by atoms with Crippen LogP contribution in [-0.2, 0) is 4.74 Å². The van der Waals surface area contributed by atoms with Crippen LogP contribution in [0.4, 0.5) is 19.7 Å². The largest absolute Gasteiger partial charge is 0.439 e. The lowest BCUT2D eigenvalue weighted by Gasteiger charge is -2.38. The van der Waals surface area contributed by atoms with E-state index in [0.717, 1.165) is 0 Å². The molecule has 0 unspecified atom stereocenters. The number of halogens is 1. The number of nitrogens with one attached hydrogen (secondary N) is 1. The van der Waals surface area contributed by atoms with Gasteiger partial charge in [0.25, 0.3) is 0 Å². The number of nitrogens with zero attached hydrogens (tertiary/aromatic N) is 6. The standard InChI is InChI=1S/C16H18FN7O3/c1-22-8-16(27-15(22)26)5-2-6-23(9-16)14(25)19-13-7-11(3-4-12(13)17)24-10-18-20-21-24/h3-4,7,10H,2,5-6,8-9H2,1H3,(H,19,25)/t16-/m1/s1. The van der Waals surface area contributed by atoms with Crippen LogP contribution in [0.2, 0.25) is 0 Å². The van der Waals surface area contributed by atoms with E-state index in [2.05, 4.69) is 20.8 Å². The quantitative estimate of drug-likeness (QED) is 0.847. The van der Waals surface area contributed by atoms with Gasteiger partial charge in [0.2, 0.25) is 0 Å². The first kappa shape index (κ1) is 17.2. The fraction of sp³-hybridized carbons (Fsp3) is 0.438. The fourth-order valence-electron chi connectivity index (χ4n) is 3.50. The third-order valence-corrected chi connectivity index (χ3v) is 4.77. The number of carbonyl (C=O) groups is 2. The van der Waals surface area contributed by atoms with Crippen molar-refractivity contribution in [2.75, 3.05) is 32.0 Å². The first-order valence-electron chi connectivity index (χ1n) is 8.49. The highest BCUT2D eigenvalue weighted by molar-refractivity contribution is 5.90. The summed E-state index contributed by atoms with van der Waals surface area (Å²) in [5.74, 6) is -0.570. The number of hydrogen-bond acceptors (Lipinski definition) is 6. The number of aromatic nitrogens is 4. The predicted octanol–water partition coefficient (Wildman–Crippen LogP) is 1.25. The third kappa shape index (κ3) is 3.27. The molecule has 2 aliphatic heterocycles. The number of benzene rings is 1. The van der Waals surface area contributed by atoms with E-state index in [4.69, 9.17) is 4.74 Å². The summed E-state index contributed by atoms with van der Waals surface area (Å²) in [6.07, 6.45) is 2.37. The molecule has 0 bridgehead atoms. The number of carbonyl (C=O) groups excluding carboxylic acids is 2. The Kier molecular flexibility index (Phi) is 4.13. The van der Waals surface area contributed by atoms with Crippen molar-refractivity contribution in [2.24, 2.45) is 0 Å². The molecule has 1 atom stereocenters. The number of tetrazole rings is 1. The number of likely N-dealkylation sites (tertiary alicyclic amines) is 1. The van der Waals surface area contributed by atoms with Crippen molar-refractivity contribution in [3.63, 3.8) is 0 Å². The van der Waals surface area contributed by atoms with Gasteiger partial charge in [-0.1, -0.05) is 0 Å². The van der Waals surface area contributed by atoms with Gasteiger partial charge >= 0.3 is 12.1 Å². The van der Waals surface area contributed by atoms with E-state index in [1.54, 1.807) is 11.9 Å². The van der Waals surface area contributed by atoms with Gasteiger partial charge in [-0.15, -0.1) is 5.10 Å². The van der Waals surface area contributed by atoms with Crippen molar-refractivity contribution in [2.45, 2.75) is 18.4 Å². The van der Waals surface area contributed by atoms with Crippen LogP contribution < -0.4 is 5.32 Å². The molecule has 2 saturated heterocycles. The zero-order valence-corrected chi connectivity index (χ0v) is 14.6. The van der Waals surface area contributed by atoms with Gasteiger partial charge in [0.05, 0.1) is 24.5 Å². The van der Waals surface area contributed by atoms with E-state index in [-0.39, 0.29) is 12.2 Å². The Morgan fingerprint density at radius 1 is 1.37 bits per heavy atom. The molecule has 1 aromatic carbocycles. The lowest BCUT2D eigenvalue weighted by molar-refractivity contribution is 0.00497. The van der Waals surface area contributed by atoms with Crippen molar-refractivity contribution in [1.82, 2.24) is 30.0 Å². The van der Waals surface area contributed by atoms with Crippen molar-refractivity contribution < 1.29 is 18.7 Å². The summed E-state index contributed by atoms with van der Waals surface area (Å²) in [6.45, 7) is 1.20. The highest BCUT2D eigenvalue weighted by atomic mass is 19.1. The molecule has 2 aromatic rings. The summed E-state index contributed by atoms with van der Waals surface area (Å²) in [4.78, 5) is 27.4. The van der Waals surface area contributed by atoms with Gasteiger partial charge in [0.15, 0.2) is 0 Å². The Bertz CT molecular complexity index is 875. The second kappa shape index (κ2) is 6.49. The zero-order chi connectivity index (χ0) is 19.0. The van der Waals surface area contributed by atoms with Gasteiger partial charge in [0, 0.05) is 13.6 Å². The molecule has 0 radical (unpaired) electrons. The zero-order valence-electron chi connectivity index (χ0n) is 14.6. The van der Waals surface area contributed by atoms with Crippen molar-refractivity contribution in [1.29, 1.82) is 0 Å². The topological polar surface area (TPSA) is 105 Å². The lowest BCUT2D eigenvalue weighted by Crippen LogP contribution is -2.53. The summed E-state index contributed by atoms with van der Waals surface area (Å²) < 4.78 is 21.0. The molecule has 3 amide bonds. The number of rotatable bonds is 2. The molecular weight excluding hydrogens is 357 g/mol. The van der Waals surface area contributed by atoms with Crippen LogP contribution in [0.25, 0.3) is 5.69 Å². The summed E-state index contributed by atoms with van der Waals surface area (Å²) in [7, 11) is 1.66. The average molecular weight is 375 g/mol. The Morgan fingerprint density at radius 3 is 2.93 bits per heavy atom. The van der Waals surface area contributed by atoms with Gasteiger partial charge < -0.3 is 19.9 Å². The molecule has 10 nitrogen and oxygen atoms in total. The van der Waals surface area contributed by atoms with Gasteiger partial charge in [-0.2, -0.15) is 0 Å². The van der Waals surface area contributed by atoms with Crippen molar-refractivity contribution in [3.8, 4) is 5.69 Å². The maximum absolute atomic E-state index is 14.2. The van der Waals surface area contributed by atoms with Gasteiger partial charge in [-0.25, -0.2) is 18.7 Å². The highest BCUT2D eigenvalue weighted by Crippen LogP contribution is 2.31. The molecule has 4 rings (SSSR count). The van der Waals surface area contributed by atoms with Crippen LogP contribution in [0.3, 0.4) is 0 Å².